The summed E-state index contributed by atoms with van der Waals surface area (Å²) >= 11 is 0.905. The maximum atomic E-state index is 12.4. The molecule has 1 aromatic rings. The van der Waals surface area contributed by atoms with E-state index in [2.05, 4.69) is 4.72 Å². The molecule has 0 radical (unpaired) electrons. The van der Waals surface area contributed by atoms with Crippen LogP contribution in [0.15, 0.2) is 16.3 Å². The number of hydrogen-bond acceptors (Lipinski definition) is 4. The van der Waals surface area contributed by atoms with Gasteiger partial charge in [-0.15, -0.1) is 11.3 Å². The third kappa shape index (κ3) is 4.57. The van der Waals surface area contributed by atoms with Gasteiger partial charge < -0.3 is 5.11 Å². The first-order valence-electron chi connectivity index (χ1n) is 6.19. The Morgan fingerprint density at radius 3 is 2.30 bits per heavy atom. The van der Waals surface area contributed by atoms with E-state index in [1.165, 1.54) is 11.4 Å². The maximum Gasteiger partial charge on any atom is 0.347 e. The first-order chi connectivity index (χ1) is 8.84. The smallest absolute Gasteiger partial charge is 0.347 e. The summed E-state index contributed by atoms with van der Waals surface area (Å²) in [6, 6.07) is 1.32. The number of carbonyl (C=O) groups is 1. The molecule has 20 heavy (non-hydrogen) atoms. The third-order valence-corrected chi connectivity index (χ3v) is 5.27. The van der Waals surface area contributed by atoms with E-state index in [-0.39, 0.29) is 15.2 Å². The maximum absolute atomic E-state index is 12.4. The van der Waals surface area contributed by atoms with Crippen molar-refractivity contribution in [1.82, 2.24) is 4.72 Å². The largest absolute Gasteiger partial charge is 0.477 e. The molecule has 5 nitrogen and oxygen atoms in total. The van der Waals surface area contributed by atoms with Crippen LogP contribution in [0.5, 0.6) is 0 Å². The zero-order valence-corrected chi connectivity index (χ0v) is 14.0. The van der Waals surface area contributed by atoms with Gasteiger partial charge in [-0.2, -0.15) is 0 Å². The average molecular weight is 319 g/mol. The van der Waals surface area contributed by atoms with Crippen molar-refractivity contribution in [2.75, 3.05) is 0 Å². The summed E-state index contributed by atoms with van der Waals surface area (Å²) in [6.07, 6.45) is 0.631. The van der Waals surface area contributed by atoms with Gasteiger partial charge in [0.2, 0.25) is 10.0 Å². The van der Waals surface area contributed by atoms with Crippen LogP contribution in [0.2, 0.25) is 0 Å². The van der Waals surface area contributed by atoms with Crippen molar-refractivity contribution in [3.63, 3.8) is 0 Å². The number of nitrogens with one attached hydrogen (secondary N) is 1. The van der Waals surface area contributed by atoms with Gasteiger partial charge in [-0.1, -0.05) is 20.8 Å². The topological polar surface area (TPSA) is 83.5 Å². The van der Waals surface area contributed by atoms with Crippen molar-refractivity contribution in [2.45, 2.75) is 51.5 Å². The van der Waals surface area contributed by atoms with Crippen LogP contribution in [-0.4, -0.2) is 25.0 Å². The molecular formula is C13H21NO4S2. The van der Waals surface area contributed by atoms with Gasteiger partial charge >= 0.3 is 5.97 Å². The van der Waals surface area contributed by atoms with E-state index in [9.17, 15) is 13.2 Å². The predicted molar refractivity (Wildman–Crippen MR) is 79.8 cm³/mol. The van der Waals surface area contributed by atoms with Crippen molar-refractivity contribution in [3.05, 3.63) is 16.3 Å². The Balaban J connectivity index is 3.07. The Morgan fingerprint density at radius 1 is 1.30 bits per heavy atom. The highest BCUT2D eigenvalue weighted by atomic mass is 32.2. The summed E-state index contributed by atoms with van der Waals surface area (Å²) in [4.78, 5) is 10.7. The summed E-state index contributed by atoms with van der Waals surface area (Å²) in [5.74, 6) is -1.23. The Labute approximate surface area is 124 Å². The van der Waals surface area contributed by atoms with Gasteiger partial charge in [0.05, 0.1) is 0 Å². The van der Waals surface area contributed by atoms with Gasteiger partial charge in [-0.05, 0) is 37.1 Å². The van der Waals surface area contributed by atoms with Crippen molar-refractivity contribution in [1.29, 1.82) is 0 Å². The molecule has 114 valence electrons. The van der Waals surface area contributed by atoms with Crippen molar-refractivity contribution < 1.29 is 18.3 Å². The Hall–Kier alpha value is -0.920. The van der Waals surface area contributed by atoms with Gasteiger partial charge in [0.25, 0.3) is 0 Å². The van der Waals surface area contributed by atoms with Crippen LogP contribution < -0.4 is 4.72 Å². The van der Waals surface area contributed by atoms with Crippen LogP contribution in [0.4, 0.5) is 0 Å². The fraction of sp³-hybridized carbons (Fsp3) is 0.615. The fourth-order valence-corrected chi connectivity index (χ4v) is 5.12. The highest BCUT2D eigenvalue weighted by molar-refractivity contribution is 7.89. The van der Waals surface area contributed by atoms with Gasteiger partial charge in [0, 0.05) is 5.54 Å². The van der Waals surface area contributed by atoms with Crippen molar-refractivity contribution >= 4 is 27.3 Å². The molecule has 1 aromatic heterocycles. The molecule has 2 N–H and O–H groups in total. The summed E-state index contributed by atoms with van der Waals surface area (Å²) in [6.45, 7) is 9.66. The summed E-state index contributed by atoms with van der Waals surface area (Å²) < 4.78 is 27.3. The average Bonchev–Trinajstić information content (AvgIpc) is 2.58. The number of sulfonamides is 1. The monoisotopic (exact) mass is 319 g/mol. The molecule has 0 aliphatic carbocycles. The highest BCUT2D eigenvalue weighted by Crippen LogP contribution is 2.29. The lowest BCUT2D eigenvalue weighted by Gasteiger charge is -2.32. The zero-order chi connectivity index (χ0) is 15.8. The van der Waals surface area contributed by atoms with Gasteiger partial charge in [-0.3, -0.25) is 0 Å². The molecule has 0 spiro atoms. The second-order valence-corrected chi connectivity index (χ2v) is 9.21. The second-order valence-electron chi connectivity index (χ2n) is 6.65. The fourth-order valence-electron chi connectivity index (χ4n) is 2.45. The third-order valence-electron chi connectivity index (χ3n) is 2.50. The summed E-state index contributed by atoms with van der Waals surface area (Å²) in [5, 5.41) is 10.5. The van der Waals surface area contributed by atoms with E-state index in [1.807, 2.05) is 20.8 Å². The first kappa shape index (κ1) is 17.1. The lowest BCUT2D eigenvalue weighted by atomic mass is 9.82. The van der Waals surface area contributed by atoms with Gasteiger partial charge in [0.1, 0.15) is 9.77 Å². The molecule has 7 heteroatoms. The normalized spacial score (nSPS) is 13.4. The number of hydrogen-bond donors (Lipinski definition) is 2. The van der Waals surface area contributed by atoms with E-state index in [0.717, 1.165) is 11.3 Å². The van der Waals surface area contributed by atoms with E-state index in [1.54, 1.807) is 13.8 Å². The molecular weight excluding hydrogens is 298 g/mol. The molecule has 0 unspecified atom stereocenters. The van der Waals surface area contributed by atoms with Crippen molar-refractivity contribution in [3.8, 4) is 0 Å². The summed E-state index contributed by atoms with van der Waals surface area (Å²) in [5.41, 5.74) is -0.703. The molecule has 0 bridgehead atoms. The Kier molecular flexibility index (Phi) is 4.68. The lowest BCUT2D eigenvalue weighted by Crippen LogP contribution is -2.45. The van der Waals surface area contributed by atoms with Crippen LogP contribution in [-0.2, 0) is 10.0 Å². The molecule has 0 aromatic carbocycles. The zero-order valence-electron chi connectivity index (χ0n) is 12.4. The van der Waals surface area contributed by atoms with Gasteiger partial charge in [0.15, 0.2) is 0 Å². The molecule has 0 fully saturated rings. The molecule has 0 saturated carbocycles. The molecule has 0 aliphatic rings. The molecule has 0 saturated heterocycles. The molecule has 0 atom stereocenters. The van der Waals surface area contributed by atoms with Crippen LogP contribution in [0, 0.1) is 5.41 Å². The molecule has 0 amide bonds. The Bertz CT molecular complexity index is 594. The SMILES string of the molecule is CC(C)(C)CC(C)(C)NS(=O)(=O)c1ccsc1C(=O)O. The van der Waals surface area contributed by atoms with Crippen LogP contribution >= 0.6 is 11.3 Å². The Morgan fingerprint density at radius 2 is 1.85 bits per heavy atom. The second kappa shape index (κ2) is 5.46. The van der Waals surface area contributed by atoms with E-state index in [0.29, 0.717) is 6.42 Å². The lowest BCUT2D eigenvalue weighted by molar-refractivity contribution is 0.0698. The number of rotatable bonds is 5. The van der Waals surface area contributed by atoms with Crippen LogP contribution in [0.3, 0.4) is 0 Å². The van der Waals surface area contributed by atoms with Crippen LogP contribution in [0.25, 0.3) is 0 Å². The molecule has 1 heterocycles. The quantitative estimate of drug-likeness (QED) is 0.874. The number of aromatic carboxylic acids is 1. The first-order valence-corrected chi connectivity index (χ1v) is 8.55. The number of carboxylic acids is 1. The van der Waals surface area contributed by atoms with E-state index in [4.69, 9.17) is 5.11 Å². The predicted octanol–water partition coefficient (Wildman–Crippen LogP) is 2.94. The minimum atomic E-state index is -3.84. The van der Waals surface area contributed by atoms with Crippen LogP contribution in [0.1, 0.15) is 50.7 Å². The number of carboxylic acid groups (broad SMARTS) is 1. The standard InChI is InChI=1S/C13H21NO4S2/c1-12(2,3)8-13(4,5)14-20(17,18)9-6-7-19-10(9)11(15)16/h6-7,14H,8H2,1-5H3,(H,15,16). The highest BCUT2D eigenvalue weighted by Gasteiger charge is 2.32. The van der Waals surface area contributed by atoms with Crippen molar-refractivity contribution in [2.24, 2.45) is 5.41 Å². The minimum absolute atomic E-state index is 0.0453. The van der Waals surface area contributed by atoms with E-state index >= 15 is 0 Å². The number of thiophene rings is 1. The minimum Gasteiger partial charge on any atom is -0.477 e. The van der Waals surface area contributed by atoms with Gasteiger partial charge in [-0.25, -0.2) is 17.9 Å². The molecule has 0 aliphatic heterocycles. The van der Waals surface area contributed by atoms with E-state index < -0.39 is 21.5 Å². The molecule has 1 rings (SSSR count). The summed E-state index contributed by atoms with van der Waals surface area (Å²) in [7, 11) is -3.84.